The maximum absolute atomic E-state index is 13.9. The van der Waals surface area contributed by atoms with Crippen LogP contribution >= 0.6 is 11.6 Å². The molecule has 1 aromatic carbocycles. The zero-order chi connectivity index (χ0) is 19.6. The van der Waals surface area contributed by atoms with E-state index in [1.807, 2.05) is 0 Å². The Kier molecular flexibility index (Phi) is 5.22. The number of benzene rings is 1. The van der Waals surface area contributed by atoms with E-state index in [1.54, 1.807) is 19.1 Å². The summed E-state index contributed by atoms with van der Waals surface area (Å²) in [6, 6.07) is 7.34. The monoisotopic (exact) mass is 391 g/mol. The van der Waals surface area contributed by atoms with E-state index in [2.05, 4.69) is 15.5 Å². The molecule has 0 saturated heterocycles. The number of carbonyl (C=O) groups excluding carboxylic acids is 1. The van der Waals surface area contributed by atoms with Crippen molar-refractivity contribution < 1.29 is 19.1 Å². The third-order valence-electron chi connectivity index (χ3n) is 3.85. The van der Waals surface area contributed by atoms with Crippen molar-refractivity contribution in [2.75, 3.05) is 5.32 Å². The molecular weight excluding hydrogens is 377 g/mol. The summed E-state index contributed by atoms with van der Waals surface area (Å²) in [5.41, 5.74) is 0.891. The van der Waals surface area contributed by atoms with E-state index in [0.717, 1.165) is 4.68 Å². The summed E-state index contributed by atoms with van der Waals surface area (Å²) in [4.78, 5) is 23.2. The van der Waals surface area contributed by atoms with Crippen molar-refractivity contribution in [1.29, 1.82) is 0 Å². The molecule has 1 amide bonds. The minimum atomic E-state index is -1.18. The van der Waals surface area contributed by atoms with E-state index < -0.39 is 17.7 Å². The van der Waals surface area contributed by atoms with Crippen LogP contribution < -0.4 is 5.32 Å². The molecule has 0 atom stereocenters. The highest BCUT2D eigenvalue weighted by Gasteiger charge is 2.15. The summed E-state index contributed by atoms with van der Waals surface area (Å²) in [5.74, 6) is -1.85. The lowest BCUT2D eigenvalue weighted by Gasteiger charge is -2.08. The molecule has 140 valence electrons. The van der Waals surface area contributed by atoms with E-state index in [4.69, 9.17) is 16.7 Å². The van der Waals surface area contributed by atoms with Crippen molar-refractivity contribution in [3.8, 4) is 0 Å². The number of anilines is 1. The average Bonchev–Trinajstić information content (AvgIpc) is 3.18. The molecule has 2 heterocycles. The molecule has 2 aromatic heterocycles. The summed E-state index contributed by atoms with van der Waals surface area (Å²) in [7, 11) is 0. The standard InChI is InChI=1S/C17H15ClFN5O3/c1-10-7-15(21-16(25)9-24-14(17(26)27)5-6-20-24)22-23(10)8-11-12(18)3-2-4-13(11)19/h2-7H,8-9H2,1H3,(H,26,27)(H,21,22,25). The summed E-state index contributed by atoms with van der Waals surface area (Å²) in [5, 5.41) is 19.9. The minimum Gasteiger partial charge on any atom is -0.477 e. The number of hydrogen-bond donors (Lipinski definition) is 2. The molecule has 3 aromatic rings. The van der Waals surface area contributed by atoms with Crippen LogP contribution in [-0.2, 0) is 17.9 Å². The van der Waals surface area contributed by atoms with E-state index in [9.17, 15) is 14.0 Å². The Balaban J connectivity index is 1.72. The van der Waals surface area contributed by atoms with Gasteiger partial charge >= 0.3 is 5.97 Å². The number of aromatic nitrogens is 4. The normalized spacial score (nSPS) is 10.8. The first-order chi connectivity index (χ1) is 12.8. The number of carboxylic acids is 1. The van der Waals surface area contributed by atoms with Crippen LogP contribution in [0, 0.1) is 12.7 Å². The second-order valence-corrected chi connectivity index (χ2v) is 6.16. The SMILES string of the molecule is Cc1cc(NC(=O)Cn2nccc2C(=O)O)nn1Cc1c(F)cccc1Cl. The molecule has 0 fully saturated rings. The van der Waals surface area contributed by atoms with Crippen LogP contribution in [0.4, 0.5) is 10.2 Å². The van der Waals surface area contributed by atoms with Gasteiger partial charge in [-0.2, -0.15) is 10.2 Å². The molecule has 0 aliphatic rings. The minimum absolute atomic E-state index is 0.0962. The molecular formula is C17H15ClFN5O3. The summed E-state index contributed by atoms with van der Waals surface area (Å²) in [6.45, 7) is 1.59. The predicted molar refractivity (Wildman–Crippen MR) is 95.3 cm³/mol. The van der Waals surface area contributed by atoms with Crippen molar-refractivity contribution in [1.82, 2.24) is 19.6 Å². The number of nitrogens with zero attached hydrogens (tertiary/aromatic N) is 4. The Morgan fingerprint density at radius 2 is 2.07 bits per heavy atom. The molecule has 0 spiro atoms. The van der Waals surface area contributed by atoms with Crippen LogP contribution in [0.25, 0.3) is 0 Å². The molecule has 0 bridgehead atoms. The lowest BCUT2D eigenvalue weighted by Crippen LogP contribution is -2.22. The first kappa shape index (κ1) is 18.6. The third kappa shape index (κ3) is 4.14. The molecule has 0 aliphatic carbocycles. The molecule has 10 heteroatoms. The van der Waals surface area contributed by atoms with Gasteiger partial charge in [0.05, 0.1) is 6.54 Å². The molecule has 0 saturated carbocycles. The highest BCUT2D eigenvalue weighted by Crippen LogP contribution is 2.21. The summed E-state index contributed by atoms with van der Waals surface area (Å²) < 4.78 is 16.5. The van der Waals surface area contributed by atoms with E-state index in [0.29, 0.717) is 11.3 Å². The van der Waals surface area contributed by atoms with Gasteiger partial charge in [-0.15, -0.1) is 0 Å². The van der Waals surface area contributed by atoms with Gasteiger partial charge in [0, 0.05) is 28.5 Å². The van der Waals surface area contributed by atoms with Gasteiger partial charge in [-0.25, -0.2) is 13.9 Å². The Morgan fingerprint density at radius 3 is 2.78 bits per heavy atom. The highest BCUT2D eigenvalue weighted by molar-refractivity contribution is 6.31. The first-order valence-electron chi connectivity index (χ1n) is 7.87. The second kappa shape index (κ2) is 7.58. The predicted octanol–water partition coefficient (Wildman–Crippen LogP) is 2.57. The van der Waals surface area contributed by atoms with Gasteiger partial charge in [-0.1, -0.05) is 17.7 Å². The van der Waals surface area contributed by atoms with Crippen LogP contribution in [0.15, 0.2) is 36.5 Å². The number of halogens is 2. The quantitative estimate of drug-likeness (QED) is 0.672. The van der Waals surface area contributed by atoms with E-state index >= 15 is 0 Å². The van der Waals surface area contributed by atoms with Gasteiger partial charge in [0.1, 0.15) is 18.1 Å². The lowest BCUT2D eigenvalue weighted by molar-refractivity contribution is -0.116. The van der Waals surface area contributed by atoms with Crippen LogP contribution in [0.1, 0.15) is 21.7 Å². The molecule has 0 radical (unpaired) electrons. The number of rotatable bonds is 6. The van der Waals surface area contributed by atoms with Crippen molar-refractivity contribution in [2.24, 2.45) is 0 Å². The molecule has 0 unspecified atom stereocenters. The van der Waals surface area contributed by atoms with Crippen LogP contribution in [0.5, 0.6) is 0 Å². The smallest absolute Gasteiger partial charge is 0.354 e. The Hall–Kier alpha value is -3.20. The van der Waals surface area contributed by atoms with Crippen molar-refractivity contribution in [3.63, 3.8) is 0 Å². The fourth-order valence-corrected chi connectivity index (χ4v) is 2.75. The number of amides is 1. The first-order valence-corrected chi connectivity index (χ1v) is 8.25. The van der Waals surface area contributed by atoms with Crippen LogP contribution in [-0.4, -0.2) is 36.5 Å². The maximum Gasteiger partial charge on any atom is 0.354 e. The van der Waals surface area contributed by atoms with E-state index in [-0.39, 0.29) is 29.6 Å². The molecule has 3 rings (SSSR count). The largest absolute Gasteiger partial charge is 0.477 e. The van der Waals surface area contributed by atoms with E-state index in [1.165, 1.54) is 29.1 Å². The fraction of sp³-hybridized carbons (Fsp3) is 0.176. The van der Waals surface area contributed by atoms with Crippen LogP contribution in [0.3, 0.4) is 0 Å². The molecule has 27 heavy (non-hydrogen) atoms. The van der Waals surface area contributed by atoms with Gasteiger partial charge in [-0.05, 0) is 25.1 Å². The number of carboxylic acid groups (broad SMARTS) is 1. The number of aryl methyl sites for hydroxylation is 1. The highest BCUT2D eigenvalue weighted by atomic mass is 35.5. The summed E-state index contributed by atoms with van der Waals surface area (Å²) in [6.07, 6.45) is 1.30. The summed E-state index contributed by atoms with van der Waals surface area (Å²) >= 11 is 6.03. The van der Waals surface area contributed by atoms with Gasteiger partial charge in [-0.3, -0.25) is 9.48 Å². The number of aromatic carboxylic acids is 1. The average molecular weight is 392 g/mol. The van der Waals surface area contributed by atoms with Crippen molar-refractivity contribution in [3.05, 3.63) is 64.3 Å². The Bertz CT molecular complexity index is 994. The van der Waals surface area contributed by atoms with Crippen LogP contribution in [0.2, 0.25) is 5.02 Å². The zero-order valence-corrected chi connectivity index (χ0v) is 14.9. The molecule has 2 N–H and O–H groups in total. The molecule has 8 nitrogen and oxygen atoms in total. The topological polar surface area (TPSA) is 102 Å². The number of hydrogen-bond acceptors (Lipinski definition) is 4. The fourth-order valence-electron chi connectivity index (χ4n) is 2.52. The van der Waals surface area contributed by atoms with Crippen molar-refractivity contribution in [2.45, 2.75) is 20.0 Å². The van der Waals surface area contributed by atoms with Crippen molar-refractivity contribution >= 4 is 29.3 Å². The second-order valence-electron chi connectivity index (χ2n) is 5.76. The Labute approximate surface area is 158 Å². The maximum atomic E-state index is 13.9. The third-order valence-corrected chi connectivity index (χ3v) is 4.20. The van der Waals surface area contributed by atoms with Gasteiger partial charge in [0.15, 0.2) is 5.82 Å². The number of nitrogens with one attached hydrogen (secondary N) is 1. The van der Waals surface area contributed by atoms with Gasteiger partial charge in [0.2, 0.25) is 5.91 Å². The number of carbonyl (C=O) groups is 2. The zero-order valence-electron chi connectivity index (χ0n) is 14.2. The van der Waals surface area contributed by atoms with Gasteiger partial charge in [0.25, 0.3) is 0 Å². The molecule has 0 aliphatic heterocycles. The Morgan fingerprint density at radius 1 is 1.30 bits per heavy atom. The van der Waals surface area contributed by atoms with Gasteiger partial charge < -0.3 is 10.4 Å². The lowest BCUT2D eigenvalue weighted by atomic mass is 10.2.